The number of hydrogen-bond donors (Lipinski definition) is 1. The first-order valence-electron chi connectivity index (χ1n) is 8.27. The summed E-state index contributed by atoms with van der Waals surface area (Å²) < 4.78 is 67.5. The molecule has 1 amide bonds. The summed E-state index contributed by atoms with van der Waals surface area (Å²) >= 11 is 3.22. The van der Waals surface area contributed by atoms with Crippen LogP contribution in [0.2, 0.25) is 0 Å². The SMILES string of the molecule is CCCN(CC(=O)Nc1ccc(F)c(F)c1F)S(=O)(=O)c1cc(Br)ccc1C. The van der Waals surface area contributed by atoms with Crippen LogP contribution in [-0.2, 0) is 14.8 Å². The molecule has 0 bridgehead atoms. The van der Waals surface area contributed by atoms with Crippen molar-refractivity contribution in [2.75, 3.05) is 18.4 Å². The lowest BCUT2D eigenvalue weighted by Gasteiger charge is -2.22. The van der Waals surface area contributed by atoms with Gasteiger partial charge in [0.2, 0.25) is 15.9 Å². The number of hydrogen-bond acceptors (Lipinski definition) is 3. The molecule has 0 aliphatic carbocycles. The third-order valence-corrected chi connectivity index (χ3v) is 6.35. The smallest absolute Gasteiger partial charge is 0.243 e. The zero-order valence-corrected chi connectivity index (χ0v) is 17.5. The summed E-state index contributed by atoms with van der Waals surface area (Å²) in [4.78, 5) is 12.3. The molecule has 0 atom stereocenters. The molecule has 0 aliphatic heterocycles. The predicted octanol–water partition coefficient (Wildman–Crippen LogP) is 4.21. The number of aryl methyl sites for hydroxylation is 1. The first-order valence-corrected chi connectivity index (χ1v) is 10.5. The molecule has 2 aromatic rings. The van der Waals surface area contributed by atoms with Crippen LogP contribution in [0.1, 0.15) is 18.9 Å². The van der Waals surface area contributed by atoms with Gasteiger partial charge in [0.15, 0.2) is 17.5 Å². The Labute approximate surface area is 169 Å². The van der Waals surface area contributed by atoms with Gasteiger partial charge in [-0.3, -0.25) is 4.79 Å². The lowest BCUT2D eigenvalue weighted by molar-refractivity contribution is -0.116. The maximum Gasteiger partial charge on any atom is 0.243 e. The van der Waals surface area contributed by atoms with Crippen molar-refractivity contribution in [3.8, 4) is 0 Å². The predicted molar refractivity (Wildman–Crippen MR) is 103 cm³/mol. The minimum atomic E-state index is -4.01. The molecule has 1 N–H and O–H groups in total. The van der Waals surface area contributed by atoms with E-state index >= 15 is 0 Å². The van der Waals surface area contributed by atoms with Gasteiger partial charge in [-0.25, -0.2) is 21.6 Å². The lowest BCUT2D eigenvalue weighted by atomic mass is 10.2. The highest BCUT2D eigenvalue weighted by molar-refractivity contribution is 9.10. The third-order valence-electron chi connectivity index (χ3n) is 3.87. The molecule has 0 saturated carbocycles. The van der Waals surface area contributed by atoms with Crippen LogP contribution in [0.3, 0.4) is 0 Å². The maximum atomic E-state index is 13.7. The van der Waals surface area contributed by atoms with Gasteiger partial charge in [0.05, 0.1) is 17.1 Å². The number of anilines is 1. The van der Waals surface area contributed by atoms with Crippen molar-refractivity contribution < 1.29 is 26.4 Å². The van der Waals surface area contributed by atoms with Crippen molar-refractivity contribution in [1.82, 2.24) is 4.31 Å². The molecule has 2 rings (SSSR count). The monoisotopic (exact) mass is 478 g/mol. The Morgan fingerprint density at radius 1 is 1.14 bits per heavy atom. The summed E-state index contributed by atoms with van der Waals surface area (Å²) in [5.41, 5.74) is -0.0762. The summed E-state index contributed by atoms with van der Waals surface area (Å²) in [7, 11) is -4.01. The molecular weight excluding hydrogens is 461 g/mol. The summed E-state index contributed by atoms with van der Waals surface area (Å²) in [6.07, 6.45) is 0.430. The minimum Gasteiger partial charge on any atom is -0.322 e. The highest BCUT2D eigenvalue weighted by Crippen LogP contribution is 2.24. The van der Waals surface area contributed by atoms with Crippen LogP contribution in [0.15, 0.2) is 39.7 Å². The van der Waals surface area contributed by atoms with Crippen molar-refractivity contribution >= 4 is 37.5 Å². The number of rotatable bonds is 7. The van der Waals surface area contributed by atoms with Gasteiger partial charge >= 0.3 is 0 Å². The quantitative estimate of drug-likeness (QED) is 0.606. The topological polar surface area (TPSA) is 66.5 Å². The van der Waals surface area contributed by atoms with E-state index in [1.165, 1.54) is 6.07 Å². The normalized spacial score (nSPS) is 11.7. The van der Waals surface area contributed by atoms with Crippen LogP contribution in [-0.4, -0.2) is 31.7 Å². The lowest BCUT2D eigenvalue weighted by Crippen LogP contribution is -2.39. The third kappa shape index (κ3) is 4.92. The number of amides is 1. The number of nitrogens with one attached hydrogen (secondary N) is 1. The first kappa shape index (κ1) is 22.4. The number of sulfonamides is 1. The Morgan fingerprint density at radius 3 is 2.46 bits per heavy atom. The zero-order valence-electron chi connectivity index (χ0n) is 15.1. The van der Waals surface area contributed by atoms with E-state index in [0.717, 1.165) is 10.4 Å². The number of carbonyl (C=O) groups is 1. The first-order chi connectivity index (χ1) is 13.1. The Kier molecular flexibility index (Phi) is 7.24. The van der Waals surface area contributed by atoms with Gasteiger partial charge in [0.25, 0.3) is 0 Å². The van der Waals surface area contributed by atoms with Gasteiger partial charge in [0, 0.05) is 11.0 Å². The van der Waals surface area contributed by atoms with Crippen molar-refractivity contribution in [3.05, 3.63) is 57.8 Å². The van der Waals surface area contributed by atoms with E-state index in [2.05, 4.69) is 21.2 Å². The van der Waals surface area contributed by atoms with Crippen molar-refractivity contribution in [2.24, 2.45) is 0 Å². The van der Waals surface area contributed by atoms with Crippen molar-refractivity contribution in [2.45, 2.75) is 25.2 Å². The number of carbonyl (C=O) groups excluding carboxylic acids is 1. The van der Waals surface area contributed by atoms with E-state index in [1.54, 1.807) is 26.0 Å². The second kappa shape index (κ2) is 9.06. The van der Waals surface area contributed by atoms with Crippen LogP contribution >= 0.6 is 15.9 Å². The molecule has 5 nitrogen and oxygen atoms in total. The molecule has 0 heterocycles. The standard InChI is InChI=1S/C18H18BrF3N2O3S/c1-3-8-24(28(26,27)15-9-12(19)5-4-11(15)2)10-16(25)23-14-7-6-13(20)17(21)18(14)22/h4-7,9H,3,8,10H2,1-2H3,(H,23,25). The van der Waals surface area contributed by atoms with Gasteiger partial charge < -0.3 is 5.32 Å². The Balaban J connectivity index is 2.28. The van der Waals surface area contributed by atoms with Crippen molar-refractivity contribution in [1.29, 1.82) is 0 Å². The second-order valence-corrected chi connectivity index (χ2v) is 8.84. The molecule has 2 aromatic carbocycles. The summed E-state index contributed by atoms with van der Waals surface area (Å²) in [6.45, 7) is 2.80. The average Bonchev–Trinajstić information content (AvgIpc) is 2.63. The van der Waals surface area contributed by atoms with Gasteiger partial charge in [-0.2, -0.15) is 4.31 Å². The second-order valence-electron chi connectivity index (χ2n) is 6.02. The number of halogens is 4. The fourth-order valence-electron chi connectivity index (χ4n) is 2.50. The molecule has 0 aliphatic rings. The van der Waals surface area contributed by atoms with Gasteiger partial charge in [-0.15, -0.1) is 0 Å². The molecule has 10 heteroatoms. The van der Waals surface area contributed by atoms with Crippen LogP contribution in [0, 0.1) is 24.4 Å². The Bertz CT molecular complexity index is 1000. The Hall–Kier alpha value is -1.91. The number of nitrogens with zero attached hydrogens (tertiary/aromatic N) is 1. The summed E-state index contributed by atoms with van der Waals surface area (Å²) in [5, 5.41) is 2.08. The molecule has 0 unspecified atom stereocenters. The van der Waals surface area contributed by atoms with Gasteiger partial charge in [-0.05, 0) is 43.2 Å². The van der Waals surface area contributed by atoms with Crippen molar-refractivity contribution in [3.63, 3.8) is 0 Å². The van der Waals surface area contributed by atoms with E-state index in [9.17, 15) is 26.4 Å². The fourth-order valence-corrected chi connectivity index (χ4v) is 4.75. The average molecular weight is 479 g/mol. The molecule has 0 radical (unpaired) electrons. The number of benzene rings is 2. The van der Waals surface area contributed by atoms with E-state index in [0.29, 0.717) is 22.5 Å². The molecule has 28 heavy (non-hydrogen) atoms. The molecule has 0 aromatic heterocycles. The molecular formula is C18H18BrF3N2O3S. The Morgan fingerprint density at radius 2 is 1.82 bits per heavy atom. The van der Waals surface area contributed by atoms with Gasteiger partial charge in [0.1, 0.15) is 0 Å². The minimum absolute atomic E-state index is 0.0298. The van der Waals surface area contributed by atoms with Crippen LogP contribution < -0.4 is 5.32 Å². The highest BCUT2D eigenvalue weighted by Gasteiger charge is 2.28. The molecule has 0 spiro atoms. The van der Waals surface area contributed by atoms with Crippen LogP contribution in [0.4, 0.5) is 18.9 Å². The summed E-state index contributed by atoms with van der Waals surface area (Å²) in [5.74, 6) is -5.55. The van der Waals surface area contributed by atoms with E-state index in [1.807, 2.05) is 0 Å². The van der Waals surface area contributed by atoms with Crippen LogP contribution in [0.25, 0.3) is 0 Å². The largest absolute Gasteiger partial charge is 0.322 e. The van der Waals surface area contributed by atoms with E-state index < -0.39 is 45.6 Å². The fraction of sp³-hybridized carbons (Fsp3) is 0.278. The molecule has 0 fully saturated rings. The van der Waals surface area contributed by atoms with Gasteiger partial charge in [-0.1, -0.05) is 28.9 Å². The van der Waals surface area contributed by atoms with E-state index in [-0.39, 0.29) is 11.4 Å². The maximum absolute atomic E-state index is 13.7. The highest BCUT2D eigenvalue weighted by atomic mass is 79.9. The van der Waals surface area contributed by atoms with Crippen LogP contribution in [0.5, 0.6) is 0 Å². The molecule has 152 valence electrons. The summed E-state index contributed by atoms with van der Waals surface area (Å²) in [6, 6.07) is 6.28. The molecule has 0 saturated heterocycles. The van der Waals surface area contributed by atoms with E-state index in [4.69, 9.17) is 0 Å². The zero-order chi connectivity index (χ0) is 21.1.